The van der Waals surface area contributed by atoms with Gasteiger partial charge in [0.15, 0.2) is 12.4 Å². The minimum absolute atomic E-state index is 0.0167. The summed E-state index contributed by atoms with van der Waals surface area (Å²) < 4.78 is 66.4. The van der Waals surface area contributed by atoms with E-state index >= 15 is 0 Å². The van der Waals surface area contributed by atoms with Gasteiger partial charge in [-0.15, -0.1) is 0 Å². The number of amides is 1. The summed E-state index contributed by atoms with van der Waals surface area (Å²) in [6.45, 7) is 7.23. The lowest BCUT2D eigenvalue weighted by molar-refractivity contribution is -0.190. The van der Waals surface area contributed by atoms with Gasteiger partial charge < -0.3 is 34.1 Å². The van der Waals surface area contributed by atoms with Crippen molar-refractivity contribution < 1.29 is 61.1 Å². The van der Waals surface area contributed by atoms with Crippen molar-refractivity contribution in [2.24, 2.45) is 0 Å². The largest absolute Gasteiger partial charge is 0.460 e. The number of halogens is 3. The van der Waals surface area contributed by atoms with Crippen molar-refractivity contribution in [1.29, 1.82) is 0 Å². The zero-order valence-corrected chi connectivity index (χ0v) is 31.3. The first-order chi connectivity index (χ1) is 25.0. The minimum Gasteiger partial charge on any atom is -0.460 e. The molecule has 1 aliphatic carbocycles. The molecule has 1 aliphatic heterocycles. The van der Waals surface area contributed by atoms with Crippen molar-refractivity contribution in [3.05, 3.63) is 53.1 Å². The number of aliphatic hydroxyl groups is 1. The van der Waals surface area contributed by atoms with Crippen LogP contribution in [0.25, 0.3) is 6.08 Å². The summed E-state index contributed by atoms with van der Waals surface area (Å²) >= 11 is 0. The molecule has 2 aliphatic rings. The predicted octanol–water partition coefficient (Wildman–Crippen LogP) is 6.90. The maximum Gasteiger partial charge on any atom is 0.422 e. The number of ether oxygens (including phenoxy) is 5. The van der Waals surface area contributed by atoms with Gasteiger partial charge in [-0.1, -0.05) is 57.7 Å². The smallest absolute Gasteiger partial charge is 0.422 e. The molecule has 0 aromatic heterocycles. The lowest BCUT2D eigenvalue weighted by Crippen LogP contribution is -2.45. The zero-order chi connectivity index (χ0) is 39.2. The monoisotopic (exact) mass is 753 g/mol. The van der Waals surface area contributed by atoms with Crippen molar-refractivity contribution in [2.45, 2.75) is 147 Å². The first-order valence-electron chi connectivity index (χ1n) is 18.4. The molecule has 296 valence electrons. The highest BCUT2D eigenvalue weighted by Gasteiger charge is 2.52. The fourth-order valence-corrected chi connectivity index (χ4v) is 6.16. The summed E-state index contributed by atoms with van der Waals surface area (Å²) in [4.78, 5) is 51.6. The molecule has 1 saturated heterocycles. The Labute approximate surface area is 309 Å². The van der Waals surface area contributed by atoms with Gasteiger partial charge in [-0.25, -0.2) is 9.59 Å². The van der Waals surface area contributed by atoms with Gasteiger partial charge in [-0.3, -0.25) is 9.59 Å². The molecule has 0 bridgehead atoms. The van der Waals surface area contributed by atoms with Crippen LogP contribution in [0, 0.1) is 0 Å². The van der Waals surface area contributed by atoms with E-state index in [0.717, 1.165) is 50.7 Å². The van der Waals surface area contributed by atoms with E-state index in [-0.39, 0.29) is 36.0 Å². The highest BCUT2D eigenvalue weighted by molar-refractivity contribution is 5.96. The molecular weight excluding hydrogens is 699 g/mol. The van der Waals surface area contributed by atoms with Gasteiger partial charge in [0.1, 0.15) is 23.9 Å². The quantitative estimate of drug-likeness (QED) is 0.0662. The number of carbonyl (C=O) groups is 4. The molecule has 1 aromatic carbocycles. The molecule has 0 radical (unpaired) electrons. The molecule has 1 fully saturated rings. The second kappa shape index (κ2) is 20.1. The van der Waals surface area contributed by atoms with Gasteiger partial charge in [0.05, 0.1) is 18.2 Å². The topological polar surface area (TPSA) is 147 Å². The fraction of sp³-hybridized carbons (Fsp3) is 0.641. The van der Waals surface area contributed by atoms with E-state index in [1.54, 1.807) is 39.0 Å². The number of carbonyl (C=O) groups excluding carboxylic acids is 4. The van der Waals surface area contributed by atoms with Crippen LogP contribution in [0.2, 0.25) is 0 Å². The average Bonchev–Trinajstić information content (AvgIpc) is 3.46. The van der Waals surface area contributed by atoms with Gasteiger partial charge >= 0.3 is 24.1 Å². The predicted molar refractivity (Wildman–Crippen MR) is 189 cm³/mol. The Kier molecular flexibility index (Phi) is 16.5. The number of esters is 3. The normalized spacial score (nSPS) is 20.3. The van der Waals surface area contributed by atoms with Gasteiger partial charge in [-0.2, -0.15) is 13.2 Å². The molecule has 3 rings (SSSR count). The van der Waals surface area contributed by atoms with Gasteiger partial charge in [0, 0.05) is 37.3 Å². The molecule has 14 heteroatoms. The van der Waals surface area contributed by atoms with Gasteiger partial charge in [0.25, 0.3) is 0 Å². The van der Waals surface area contributed by atoms with E-state index in [2.05, 4.69) is 23.9 Å². The van der Waals surface area contributed by atoms with E-state index in [9.17, 15) is 37.5 Å². The van der Waals surface area contributed by atoms with Crippen LogP contribution < -0.4 is 5.32 Å². The van der Waals surface area contributed by atoms with Crippen molar-refractivity contribution in [3.8, 4) is 0 Å². The van der Waals surface area contributed by atoms with Crippen molar-refractivity contribution in [2.75, 3.05) is 13.2 Å². The van der Waals surface area contributed by atoms with E-state index in [1.165, 1.54) is 12.1 Å². The Hall–Kier alpha value is -3.75. The summed E-state index contributed by atoms with van der Waals surface area (Å²) in [6, 6.07) is 5.30. The summed E-state index contributed by atoms with van der Waals surface area (Å²) in [5.74, 6) is -4.03. The lowest BCUT2D eigenvalue weighted by atomic mass is 9.91. The molecule has 11 nitrogen and oxygen atoms in total. The Balaban J connectivity index is 1.87. The van der Waals surface area contributed by atoms with Crippen molar-refractivity contribution in [3.63, 3.8) is 0 Å². The molecule has 4 unspecified atom stereocenters. The first kappa shape index (κ1) is 43.7. The van der Waals surface area contributed by atoms with Crippen LogP contribution in [0.15, 0.2) is 42.0 Å². The molecular formula is C39H54F3NO10. The van der Waals surface area contributed by atoms with Crippen LogP contribution in [-0.2, 0) is 38.1 Å². The number of rotatable bonds is 19. The second-order valence-electron chi connectivity index (χ2n) is 14.5. The Morgan fingerprint density at radius 2 is 1.68 bits per heavy atom. The summed E-state index contributed by atoms with van der Waals surface area (Å²) in [5, 5.41) is 12.8. The Morgan fingerprint density at radius 1 is 1.02 bits per heavy atom. The Morgan fingerprint density at radius 3 is 2.28 bits per heavy atom. The number of unbranched alkanes of at least 4 members (excludes halogenated alkanes) is 4. The standard InChI is InChI=1S/C39H54F3NO10/c1-6-8-12-20-38(21-13-9-7-2)51-31-23-27(35(47)43-28(24-44)17-19-33(46)52-37(3,4)5)22-30(34(31)53-38)50-36(48)29-15-11-10-14-26(29)16-18-32(45)49-25-39(40,41)42/h10-11,14-16,18,23,28,30-31,34,44H,6-9,12-13,17,19-22,24-25H2,1-5H3,(H,43,47). The summed E-state index contributed by atoms with van der Waals surface area (Å²) in [7, 11) is 0. The molecule has 1 heterocycles. The van der Waals surface area contributed by atoms with Crippen LogP contribution >= 0.6 is 0 Å². The maximum absolute atomic E-state index is 13.7. The van der Waals surface area contributed by atoms with E-state index in [1.807, 2.05) is 0 Å². The highest BCUT2D eigenvalue weighted by Crippen LogP contribution is 2.43. The zero-order valence-electron chi connectivity index (χ0n) is 31.3. The van der Waals surface area contributed by atoms with Crippen LogP contribution in [0.4, 0.5) is 13.2 Å². The SMILES string of the molecule is CCCCCC1(CCCCC)OC2C=C(C(=O)NC(CO)CCC(=O)OC(C)(C)C)CC(OC(=O)c3ccccc3C=CC(=O)OCC(F)(F)F)C2O1. The average molecular weight is 754 g/mol. The number of hydrogen-bond acceptors (Lipinski definition) is 10. The number of hydrogen-bond donors (Lipinski definition) is 2. The van der Waals surface area contributed by atoms with Crippen LogP contribution in [-0.4, -0.2) is 84.1 Å². The molecule has 1 aromatic rings. The molecule has 2 N–H and O–H groups in total. The lowest BCUT2D eigenvalue weighted by Gasteiger charge is -2.31. The number of alkyl halides is 3. The van der Waals surface area contributed by atoms with E-state index < -0.39 is 78.9 Å². The summed E-state index contributed by atoms with van der Waals surface area (Å²) in [5.41, 5.74) is -0.240. The van der Waals surface area contributed by atoms with Crippen molar-refractivity contribution in [1.82, 2.24) is 5.32 Å². The molecule has 1 amide bonds. The number of aliphatic hydroxyl groups excluding tert-OH is 1. The van der Waals surface area contributed by atoms with E-state index in [4.69, 9.17) is 18.9 Å². The van der Waals surface area contributed by atoms with Crippen LogP contribution in [0.3, 0.4) is 0 Å². The molecule has 0 spiro atoms. The minimum atomic E-state index is -4.69. The number of fused-ring (bicyclic) bond motifs is 1. The van der Waals surface area contributed by atoms with E-state index in [0.29, 0.717) is 12.8 Å². The van der Waals surface area contributed by atoms with Crippen LogP contribution in [0.5, 0.6) is 0 Å². The number of nitrogens with one attached hydrogen (secondary N) is 1. The second-order valence-corrected chi connectivity index (χ2v) is 14.5. The van der Waals surface area contributed by atoms with Gasteiger partial charge in [0.2, 0.25) is 5.91 Å². The molecule has 4 atom stereocenters. The molecule has 53 heavy (non-hydrogen) atoms. The third-order valence-corrected chi connectivity index (χ3v) is 8.68. The first-order valence-corrected chi connectivity index (χ1v) is 18.4. The highest BCUT2D eigenvalue weighted by atomic mass is 19.4. The third kappa shape index (κ3) is 14.5. The maximum atomic E-state index is 13.7. The third-order valence-electron chi connectivity index (χ3n) is 8.68. The molecule has 0 saturated carbocycles. The Bertz CT molecular complexity index is 1440. The number of benzene rings is 1. The fourth-order valence-electron chi connectivity index (χ4n) is 6.16. The van der Waals surface area contributed by atoms with Crippen molar-refractivity contribution >= 4 is 29.9 Å². The van der Waals surface area contributed by atoms with Gasteiger partial charge in [-0.05, 0) is 63.8 Å². The van der Waals surface area contributed by atoms with Crippen LogP contribution in [0.1, 0.15) is 121 Å². The summed E-state index contributed by atoms with van der Waals surface area (Å²) in [6.07, 6.45) is 3.19.